The van der Waals surface area contributed by atoms with E-state index in [4.69, 9.17) is 15.2 Å². The van der Waals surface area contributed by atoms with Crippen molar-refractivity contribution in [2.24, 2.45) is 0 Å². The van der Waals surface area contributed by atoms with Crippen LogP contribution in [0.4, 0.5) is 5.00 Å². The van der Waals surface area contributed by atoms with E-state index in [0.717, 1.165) is 25.6 Å². The normalized spacial score (nSPS) is 10.6. The number of thiophene rings is 1. The SMILES string of the molecule is CCOC(=O)c1c(-c2cc(Br)c(OCc3ccccc3)c(Br)c2)csc1N. The topological polar surface area (TPSA) is 61.5 Å². The molecule has 0 saturated carbocycles. The highest BCUT2D eigenvalue weighted by molar-refractivity contribution is 9.11. The zero-order chi connectivity index (χ0) is 19.4. The molecule has 0 unspecified atom stereocenters. The standard InChI is InChI=1S/C20H17Br2NO3S/c1-2-25-20(24)17-14(11-27-19(17)23)13-8-15(21)18(16(22)9-13)26-10-12-6-4-3-5-7-12/h3-9,11H,2,10,23H2,1H3. The van der Waals surface area contributed by atoms with Gasteiger partial charge in [0.25, 0.3) is 0 Å². The predicted molar refractivity (Wildman–Crippen MR) is 116 cm³/mol. The lowest BCUT2D eigenvalue weighted by atomic mass is 10.0. The number of halogens is 2. The summed E-state index contributed by atoms with van der Waals surface area (Å²) in [5.74, 6) is 0.284. The zero-order valence-corrected chi connectivity index (χ0v) is 18.5. The van der Waals surface area contributed by atoms with Crippen LogP contribution < -0.4 is 10.5 Å². The van der Waals surface area contributed by atoms with Crippen LogP contribution >= 0.6 is 43.2 Å². The van der Waals surface area contributed by atoms with E-state index < -0.39 is 5.97 Å². The van der Waals surface area contributed by atoms with Crippen LogP contribution in [0.15, 0.2) is 56.8 Å². The van der Waals surface area contributed by atoms with Gasteiger partial charge in [0.1, 0.15) is 22.9 Å². The van der Waals surface area contributed by atoms with Crippen molar-refractivity contribution in [3.8, 4) is 16.9 Å². The molecule has 0 atom stereocenters. The Hall–Kier alpha value is -1.83. The van der Waals surface area contributed by atoms with E-state index in [0.29, 0.717) is 29.5 Å². The number of hydrogen-bond donors (Lipinski definition) is 1. The summed E-state index contributed by atoms with van der Waals surface area (Å²) in [5, 5.41) is 2.31. The maximum atomic E-state index is 12.3. The van der Waals surface area contributed by atoms with Crippen LogP contribution in [-0.2, 0) is 11.3 Å². The first-order valence-corrected chi connectivity index (χ1v) is 10.7. The molecule has 0 fully saturated rings. The Morgan fingerprint density at radius 2 is 1.81 bits per heavy atom. The fourth-order valence-electron chi connectivity index (χ4n) is 2.58. The van der Waals surface area contributed by atoms with E-state index in [1.165, 1.54) is 11.3 Å². The van der Waals surface area contributed by atoms with E-state index in [1.54, 1.807) is 6.92 Å². The molecular weight excluding hydrogens is 494 g/mol. The Kier molecular flexibility index (Phi) is 6.57. The second-order valence-corrected chi connectivity index (χ2v) is 8.27. The molecule has 0 spiro atoms. The molecule has 0 amide bonds. The second-order valence-electron chi connectivity index (χ2n) is 5.65. The molecule has 3 aromatic rings. The van der Waals surface area contributed by atoms with Crippen LogP contribution in [0.25, 0.3) is 11.1 Å². The third-order valence-corrected chi connectivity index (χ3v) is 5.82. The molecule has 0 aliphatic carbocycles. The predicted octanol–water partition coefficient (Wildman–Crippen LogP) is 6.28. The number of carbonyl (C=O) groups excluding carboxylic acids is 1. The van der Waals surface area contributed by atoms with Crippen molar-refractivity contribution >= 4 is 54.2 Å². The van der Waals surface area contributed by atoms with Gasteiger partial charge < -0.3 is 15.2 Å². The van der Waals surface area contributed by atoms with Crippen LogP contribution in [-0.4, -0.2) is 12.6 Å². The molecule has 140 valence electrons. The van der Waals surface area contributed by atoms with Crippen molar-refractivity contribution in [1.82, 2.24) is 0 Å². The summed E-state index contributed by atoms with van der Waals surface area (Å²) in [6.07, 6.45) is 0. The third-order valence-electron chi connectivity index (χ3n) is 3.83. The van der Waals surface area contributed by atoms with E-state index in [2.05, 4.69) is 31.9 Å². The minimum Gasteiger partial charge on any atom is -0.487 e. The van der Waals surface area contributed by atoms with Gasteiger partial charge in [0.05, 0.1) is 15.6 Å². The van der Waals surface area contributed by atoms with Crippen LogP contribution in [0, 0.1) is 0 Å². The molecule has 3 rings (SSSR count). The Morgan fingerprint density at radius 3 is 2.44 bits per heavy atom. The van der Waals surface area contributed by atoms with Gasteiger partial charge in [-0.3, -0.25) is 0 Å². The number of nitrogens with two attached hydrogens (primary N) is 1. The van der Waals surface area contributed by atoms with Gasteiger partial charge in [0, 0.05) is 10.9 Å². The van der Waals surface area contributed by atoms with Crippen LogP contribution in [0.2, 0.25) is 0 Å². The number of carbonyl (C=O) groups is 1. The monoisotopic (exact) mass is 509 g/mol. The average Bonchev–Trinajstić information content (AvgIpc) is 3.03. The molecule has 0 radical (unpaired) electrons. The summed E-state index contributed by atoms with van der Waals surface area (Å²) in [5.41, 5.74) is 9.07. The smallest absolute Gasteiger partial charge is 0.341 e. The summed E-state index contributed by atoms with van der Waals surface area (Å²) in [6.45, 7) is 2.52. The minimum absolute atomic E-state index is 0.299. The van der Waals surface area contributed by atoms with Gasteiger partial charge in [-0.15, -0.1) is 11.3 Å². The van der Waals surface area contributed by atoms with E-state index in [1.807, 2.05) is 47.8 Å². The summed E-state index contributed by atoms with van der Waals surface area (Å²) < 4.78 is 12.7. The Morgan fingerprint density at radius 1 is 1.15 bits per heavy atom. The first-order valence-electron chi connectivity index (χ1n) is 8.21. The Labute approximate surface area is 178 Å². The number of esters is 1. The van der Waals surface area contributed by atoms with Crippen molar-refractivity contribution in [1.29, 1.82) is 0 Å². The highest BCUT2D eigenvalue weighted by Crippen LogP contribution is 2.41. The van der Waals surface area contributed by atoms with Gasteiger partial charge in [-0.2, -0.15) is 0 Å². The fraction of sp³-hybridized carbons (Fsp3) is 0.150. The lowest BCUT2D eigenvalue weighted by molar-refractivity contribution is 0.0529. The average molecular weight is 511 g/mol. The summed E-state index contributed by atoms with van der Waals surface area (Å²) in [6, 6.07) is 13.8. The van der Waals surface area contributed by atoms with Crippen LogP contribution in [0.3, 0.4) is 0 Å². The van der Waals surface area contributed by atoms with Crippen molar-refractivity contribution in [3.05, 3.63) is 67.9 Å². The van der Waals surface area contributed by atoms with Gasteiger partial charge >= 0.3 is 5.97 Å². The number of hydrogen-bond acceptors (Lipinski definition) is 5. The van der Waals surface area contributed by atoms with E-state index >= 15 is 0 Å². The maximum Gasteiger partial charge on any atom is 0.341 e. The first kappa shape index (κ1) is 19.9. The molecule has 0 aliphatic rings. The second kappa shape index (κ2) is 8.91. The van der Waals surface area contributed by atoms with Gasteiger partial charge in [0.15, 0.2) is 0 Å². The zero-order valence-electron chi connectivity index (χ0n) is 14.5. The minimum atomic E-state index is -0.414. The molecule has 7 heteroatoms. The number of benzene rings is 2. The lowest BCUT2D eigenvalue weighted by Gasteiger charge is -2.13. The summed E-state index contributed by atoms with van der Waals surface area (Å²) in [7, 11) is 0. The van der Waals surface area contributed by atoms with Crippen molar-refractivity contribution in [3.63, 3.8) is 0 Å². The Bertz CT molecular complexity index is 934. The lowest BCUT2D eigenvalue weighted by Crippen LogP contribution is -2.07. The number of rotatable bonds is 6. The molecule has 0 saturated heterocycles. The van der Waals surface area contributed by atoms with E-state index in [-0.39, 0.29) is 0 Å². The van der Waals surface area contributed by atoms with Crippen molar-refractivity contribution < 1.29 is 14.3 Å². The molecule has 27 heavy (non-hydrogen) atoms. The summed E-state index contributed by atoms with van der Waals surface area (Å²) in [4.78, 5) is 12.3. The Balaban J connectivity index is 1.90. The van der Waals surface area contributed by atoms with Gasteiger partial charge in [-0.05, 0) is 62.0 Å². The highest BCUT2D eigenvalue weighted by atomic mass is 79.9. The molecular formula is C20H17Br2NO3S. The molecule has 2 N–H and O–H groups in total. The maximum absolute atomic E-state index is 12.3. The molecule has 1 heterocycles. The number of ether oxygens (including phenoxy) is 2. The number of anilines is 1. The largest absolute Gasteiger partial charge is 0.487 e. The van der Waals surface area contributed by atoms with E-state index in [9.17, 15) is 4.79 Å². The van der Waals surface area contributed by atoms with Gasteiger partial charge in [-0.25, -0.2) is 4.79 Å². The summed E-state index contributed by atoms with van der Waals surface area (Å²) >= 11 is 8.46. The molecule has 1 aromatic heterocycles. The molecule has 2 aromatic carbocycles. The quantitative estimate of drug-likeness (QED) is 0.396. The first-order chi connectivity index (χ1) is 13.0. The van der Waals surface area contributed by atoms with Crippen LogP contribution in [0.5, 0.6) is 5.75 Å². The molecule has 0 bridgehead atoms. The number of nitrogen functional groups attached to an aromatic ring is 1. The molecule has 4 nitrogen and oxygen atoms in total. The van der Waals surface area contributed by atoms with Gasteiger partial charge in [0.2, 0.25) is 0 Å². The third kappa shape index (κ3) is 4.54. The fourth-order valence-corrected chi connectivity index (χ4v) is 4.81. The highest BCUT2D eigenvalue weighted by Gasteiger charge is 2.21. The van der Waals surface area contributed by atoms with Crippen molar-refractivity contribution in [2.45, 2.75) is 13.5 Å². The molecule has 0 aliphatic heterocycles. The van der Waals surface area contributed by atoms with Crippen molar-refractivity contribution in [2.75, 3.05) is 12.3 Å². The van der Waals surface area contributed by atoms with Gasteiger partial charge in [-0.1, -0.05) is 30.3 Å². The van der Waals surface area contributed by atoms with Crippen LogP contribution in [0.1, 0.15) is 22.8 Å².